The van der Waals surface area contributed by atoms with Gasteiger partial charge in [0.15, 0.2) is 0 Å². The fourth-order valence-corrected chi connectivity index (χ4v) is 2.14. The van der Waals surface area contributed by atoms with Crippen molar-refractivity contribution in [3.8, 4) is 0 Å². The molecular weight excluding hydrogens is 200 g/mol. The molecule has 14 heavy (non-hydrogen) atoms. The van der Waals surface area contributed by atoms with Gasteiger partial charge in [0, 0.05) is 24.2 Å². The van der Waals surface area contributed by atoms with Gasteiger partial charge in [-0.25, -0.2) is 4.79 Å². The minimum Gasteiger partial charge on any atom is -0.479 e. The van der Waals surface area contributed by atoms with Gasteiger partial charge in [0.1, 0.15) is 0 Å². The summed E-state index contributed by atoms with van der Waals surface area (Å²) in [5.41, 5.74) is 0.690. The summed E-state index contributed by atoms with van der Waals surface area (Å²) in [6.07, 6.45) is 4.81. The van der Waals surface area contributed by atoms with Crippen LogP contribution in [-0.4, -0.2) is 16.1 Å². The molecule has 5 heteroatoms. The summed E-state index contributed by atoms with van der Waals surface area (Å²) in [6, 6.07) is 3.39. The third kappa shape index (κ3) is 1.26. The van der Waals surface area contributed by atoms with E-state index < -0.39 is 10.8 Å². The Morgan fingerprint density at radius 1 is 1.50 bits per heavy atom. The molecule has 72 valence electrons. The van der Waals surface area contributed by atoms with Gasteiger partial charge in [-0.1, -0.05) is 11.8 Å². The van der Waals surface area contributed by atoms with Crippen LogP contribution in [-0.2, 0) is 9.67 Å². The van der Waals surface area contributed by atoms with Crippen LogP contribution in [0.3, 0.4) is 0 Å². The summed E-state index contributed by atoms with van der Waals surface area (Å²) in [6.45, 7) is 0. The standard InChI is InChI=1S/C9H8N2O2S/c12-8(13)9(11-5-6-14-9)7-1-3-10-4-2-7/h1-6,11H,(H,12,13). The van der Waals surface area contributed by atoms with E-state index in [1.54, 1.807) is 36.1 Å². The van der Waals surface area contributed by atoms with Gasteiger partial charge in [-0.15, -0.1) is 0 Å². The molecule has 1 aliphatic rings. The second kappa shape index (κ2) is 3.34. The first-order valence-electron chi connectivity index (χ1n) is 4.00. The smallest absolute Gasteiger partial charge is 0.345 e. The maximum atomic E-state index is 11.2. The summed E-state index contributed by atoms with van der Waals surface area (Å²) in [4.78, 5) is 14.0. The van der Waals surface area contributed by atoms with E-state index in [4.69, 9.17) is 0 Å². The third-order valence-corrected chi connectivity index (χ3v) is 3.14. The van der Waals surface area contributed by atoms with Crippen molar-refractivity contribution in [3.63, 3.8) is 0 Å². The molecule has 1 aliphatic heterocycles. The SMILES string of the molecule is O=C(O)C1(c2ccncc2)NC=CS1. The highest BCUT2D eigenvalue weighted by atomic mass is 32.2. The lowest BCUT2D eigenvalue weighted by atomic mass is 10.1. The van der Waals surface area contributed by atoms with E-state index in [0.29, 0.717) is 5.56 Å². The summed E-state index contributed by atoms with van der Waals surface area (Å²) >= 11 is 1.23. The van der Waals surface area contributed by atoms with Crippen LogP contribution in [0, 0.1) is 0 Å². The summed E-state index contributed by atoms with van der Waals surface area (Å²) in [5, 5.41) is 13.7. The molecule has 2 N–H and O–H groups in total. The number of pyridine rings is 1. The van der Waals surface area contributed by atoms with Crippen LogP contribution < -0.4 is 5.32 Å². The van der Waals surface area contributed by atoms with Crippen LogP contribution in [0.4, 0.5) is 0 Å². The molecule has 0 spiro atoms. The molecule has 2 heterocycles. The van der Waals surface area contributed by atoms with Crippen LogP contribution in [0.15, 0.2) is 36.1 Å². The molecule has 1 atom stereocenters. The lowest BCUT2D eigenvalue weighted by molar-refractivity contribution is -0.140. The van der Waals surface area contributed by atoms with E-state index in [0.717, 1.165) is 0 Å². The number of carboxylic acids is 1. The summed E-state index contributed by atoms with van der Waals surface area (Å²) in [7, 11) is 0. The number of carbonyl (C=O) groups is 1. The largest absolute Gasteiger partial charge is 0.479 e. The molecule has 0 amide bonds. The number of nitrogens with zero attached hydrogens (tertiary/aromatic N) is 1. The van der Waals surface area contributed by atoms with Crippen molar-refractivity contribution in [2.24, 2.45) is 0 Å². The van der Waals surface area contributed by atoms with Crippen LogP contribution in [0.25, 0.3) is 0 Å². The van der Waals surface area contributed by atoms with E-state index >= 15 is 0 Å². The molecule has 1 aromatic heterocycles. The molecule has 0 saturated carbocycles. The van der Waals surface area contributed by atoms with Crippen LogP contribution in [0.1, 0.15) is 5.56 Å². The predicted octanol–water partition coefficient (Wildman–Crippen LogP) is 1.13. The number of hydrogen-bond donors (Lipinski definition) is 2. The second-order valence-corrected chi connectivity index (χ2v) is 3.91. The molecule has 4 nitrogen and oxygen atoms in total. The van der Waals surface area contributed by atoms with Gasteiger partial charge < -0.3 is 10.4 Å². The summed E-state index contributed by atoms with van der Waals surface area (Å²) < 4.78 is 0. The Kier molecular flexibility index (Phi) is 2.17. The normalized spacial score (nSPS) is 24.6. The highest BCUT2D eigenvalue weighted by molar-refractivity contribution is 8.03. The number of nitrogens with one attached hydrogen (secondary N) is 1. The molecule has 1 unspecified atom stereocenters. The number of aromatic nitrogens is 1. The Bertz CT molecular complexity index is 370. The molecule has 0 fully saturated rings. The van der Waals surface area contributed by atoms with E-state index in [1.165, 1.54) is 11.8 Å². The van der Waals surface area contributed by atoms with Crippen LogP contribution in [0.5, 0.6) is 0 Å². The molecule has 2 rings (SSSR count). The Morgan fingerprint density at radius 2 is 2.21 bits per heavy atom. The summed E-state index contributed by atoms with van der Waals surface area (Å²) in [5.74, 6) is -0.904. The Labute approximate surface area is 85.0 Å². The number of aliphatic carboxylic acids is 1. The van der Waals surface area contributed by atoms with Crippen molar-refractivity contribution in [1.82, 2.24) is 10.3 Å². The van der Waals surface area contributed by atoms with Gasteiger partial charge in [0.25, 0.3) is 0 Å². The van der Waals surface area contributed by atoms with Gasteiger partial charge >= 0.3 is 5.97 Å². The highest BCUT2D eigenvalue weighted by Crippen LogP contribution is 2.38. The van der Waals surface area contributed by atoms with E-state index in [2.05, 4.69) is 10.3 Å². The molecule has 0 saturated heterocycles. The predicted molar refractivity (Wildman–Crippen MR) is 53.4 cm³/mol. The molecular formula is C9H8N2O2S. The van der Waals surface area contributed by atoms with Gasteiger partial charge in [-0.2, -0.15) is 0 Å². The van der Waals surface area contributed by atoms with Crippen molar-refractivity contribution in [3.05, 3.63) is 41.7 Å². The monoisotopic (exact) mass is 208 g/mol. The number of carboxylic acid groups (broad SMARTS) is 1. The van der Waals surface area contributed by atoms with Crippen molar-refractivity contribution >= 4 is 17.7 Å². The van der Waals surface area contributed by atoms with Gasteiger partial charge in [-0.3, -0.25) is 4.98 Å². The second-order valence-electron chi connectivity index (χ2n) is 2.79. The van der Waals surface area contributed by atoms with Gasteiger partial charge in [0.05, 0.1) is 0 Å². The van der Waals surface area contributed by atoms with Crippen molar-refractivity contribution in [1.29, 1.82) is 0 Å². The molecule has 0 aromatic carbocycles. The maximum absolute atomic E-state index is 11.2. The minimum atomic E-state index is -1.08. The zero-order valence-corrected chi connectivity index (χ0v) is 7.99. The number of rotatable bonds is 2. The quantitative estimate of drug-likeness (QED) is 0.762. The third-order valence-electron chi connectivity index (χ3n) is 1.99. The Balaban J connectivity index is 2.43. The first kappa shape index (κ1) is 9.08. The molecule has 1 aromatic rings. The van der Waals surface area contributed by atoms with Crippen molar-refractivity contribution in [2.75, 3.05) is 0 Å². The maximum Gasteiger partial charge on any atom is 0.345 e. The van der Waals surface area contributed by atoms with Gasteiger partial charge in [-0.05, 0) is 17.5 Å². The number of hydrogen-bond acceptors (Lipinski definition) is 4. The zero-order chi connectivity index (χ0) is 10.0. The Morgan fingerprint density at radius 3 is 2.71 bits per heavy atom. The average Bonchev–Trinajstić information content (AvgIpc) is 2.69. The van der Waals surface area contributed by atoms with Crippen molar-refractivity contribution in [2.45, 2.75) is 4.87 Å². The topological polar surface area (TPSA) is 62.2 Å². The van der Waals surface area contributed by atoms with Crippen molar-refractivity contribution < 1.29 is 9.90 Å². The van der Waals surface area contributed by atoms with E-state index in [1.807, 2.05) is 0 Å². The first-order valence-corrected chi connectivity index (χ1v) is 4.88. The molecule has 0 aliphatic carbocycles. The molecule has 0 radical (unpaired) electrons. The van der Waals surface area contributed by atoms with E-state index in [9.17, 15) is 9.90 Å². The highest BCUT2D eigenvalue weighted by Gasteiger charge is 2.42. The van der Waals surface area contributed by atoms with Crippen LogP contribution in [0.2, 0.25) is 0 Å². The fourth-order valence-electron chi connectivity index (χ4n) is 1.30. The minimum absolute atomic E-state index is 0.690. The lowest BCUT2D eigenvalue weighted by Gasteiger charge is -2.23. The number of thioether (sulfide) groups is 1. The first-order chi connectivity index (χ1) is 6.76. The average molecular weight is 208 g/mol. The molecule has 0 bridgehead atoms. The van der Waals surface area contributed by atoms with E-state index in [-0.39, 0.29) is 0 Å². The van der Waals surface area contributed by atoms with Crippen LogP contribution >= 0.6 is 11.8 Å². The lowest BCUT2D eigenvalue weighted by Crippen LogP contribution is -2.41. The Hall–Kier alpha value is -1.49. The zero-order valence-electron chi connectivity index (χ0n) is 7.18. The fraction of sp³-hybridized carbons (Fsp3) is 0.111. The van der Waals surface area contributed by atoms with Gasteiger partial charge in [0.2, 0.25) is 4.87 Å².